The van der Waals surface area contributed by atoms with Gasteiger partial charge in [-0.15, -0.1) is 0 Å². The number of ketones is 1. The van der Waals surface area contributed by atoms with Crippen LogP contribution in [-0.2, 0) is 23.8 Å². The number of carbonyl (C=O) groups excluding carboxylic acids is 2. The normalized spacial score (nSPS) is 27.6. The largest absolute Gasteiger partial charge is 0.355 e. The first-order chi connectivity index (χ1) is 9.58. The van der Waals surface area contributed by atoms with Crippen molar-refractivity contribution in [1.82, 2.24) is 5.32 Å². The van der Waals surface area contributed by atoms with Gasteiger partial charge in [0.05, 0.1) is 5.70 Å². The quantitative estimate of drug-likeness (QED) is 0.342. The van der Waals surface area contributed by atoms with E-state index in [1.807, 2.05) is 6.92 Å². The molecule has 2 aliphatic rings. The number of rotatable bonds is 5. The molecule has 1 aliphatic heterocycles. The molecule has 0 spiro atoms. The molecule has 6 heteroatoms. The van der Waals surface area contributed by atoms with Crippen LogP contribution < -0.4 is 5.32 Å². The van der Waals surface area contributed by atoms with Crippen molar-refractivity contribution in [2.24, 2.45) is 0 Å². The van der Waals surface area contributed by atoms with Crippen LogP contribution in [0.15, 0.2) is 36.1 Å². The van der Waals surface area contributed by atoms with Gasteiger partial charge in [0.2, 0.25) is 11.7 Å². The molecule has 2 rings (SSSR count). The second-order valence-corrected chi connectivity index (χ2v) is 4.39. The molecule has 1 aliphatic carbocycles. The van der Waals surface area contributed by atoms with Crippen molar-refractivity contribution >= 4 is 11.7 Å². The summed E-state index contributed by atoms with van der Waals surface area (Å²) in [5.74, 6) is -1.82. The van der Waals surface area contributed by atoms with Gasteiger partial charge < -0.3 is 19.5 Å². The highest BCUT2D eigenvalue weighted by Gasteiger charge is 2.64. The minimum Gasteiger partial charge on any atom is -0.355 e. The number of epoxide rings is 1. The van der Waals surface area contributed by atoms with Crippen LogP contribution in [0, 0.1) is 0 Å². The van der Waals surface area contributed by atoms with Gasteiger partial charge in [-0.2, -0.15) is 0 Å². The molecule has 0 unspecified atom stereocenters. The second kappa shape index (κ2) is 5.70. The molecule has 0 aromatic rings. The van der Waals surface area contributed by atoms with Gasteiger partial charge in [-0.1, -0.05) is 18.2 Å². The third-order valence-electron chi connectivity index (χ3n) is 3.22. The van der Waals surface area contributed by atoms with E-state index in [-0.39, 0.29) is 17.4 Å². The lowest BCUT2D eigenvalue weighted by Crippen LogP contribution is -2.51. The fourth-order valence-corrected chi connectivity index (χ4v) is 2.18. The highest BCUT2D eigenvalue weighted by atomic mass is 16.7. The molecular formula is C14H17NO5. The number of ether oxygens (including phenoxy) is 3. The van der Waals surface area contributed by atoms with E-state index >= 15 is 0 Å². The van der Waals surface area contributed by atoms with Gasteiger partial charge in [0, 0.05) is 26.4 Å². The van der Waals surface area contributed by atoms with Gasteiger partial charge in [-0.25, -0.2) is 0 Å². The number of hydrogen-bond donors (Lipinski definition) is 1. The van der Waals surface area contributed by atoms with Gasteiger partial charge in [0.15, 0.2) is 18.0 Å². The van der Waals surface area contributed by atoms with Gasteiger partial charge in [-0.05, 0) is 6.92 Å². The maximum atomic E-state index is 11.8. The first-order valence-electron chi connectivity index (χ1n) is 6.21. The maximum absolute atomic E-state index is 11.8. The molecule has 1 amide bonds. The smallest absolute Gasteiger partial charge is 0.248 e. The van der Waals surface area contributed by atoms with Crippen LogP contribution in [0.5, 0.6) is 0 Å². The Morgan fingerprint density at radius 3 is 2.70 bits per heavy atom. The molecule has 1 saturated heterocycles. The van der Waals surface area contributed by atoms with Crippen molar-refractivity contribution in [3.8, 4) is 0 Å². The molecule has 1 heterocycles. The fraction of sp³-hybridized carbons (Fsp3) is 0.429. The van der Waals surface area contributed by atoms with E-state index in [1.54, 1.807) is 18.2 Å². The molecule has 0 aromatic heterocycles. The standard InChI is InChI=1S/C14H17NO5/c1-4-5-6-7-11(17)15-10-8-9(16)12-13(20-12)14(10,18-2)19-3/h4-8,12-13H,1-3H3,(H,15,17)/b5-4+,7-6+/t12-,13-/m1/s1. The van der Waals surface area contributed by atoms with Crippen molar-refractivity contribution < 1.29 is 23.8 Å². The molecule has 0 saturated carbocycles. The summed E-state index contributed by atoms with van der Waals surface area (Å²) in [5, 5.41) is 2.61. The summed E-state index contributed by atoms with van der Waals surface area (Å²) in [5.41, 5.74) is 0.251. The zero-order valence-electron chi connectivity index (χ0n) is 11.6. The zero-order valence-corrected chi connectivity index (χ0v) is 11.6. The number of carbonyl (C=O) groups is 2. The van der Waals surface area contributed by atoms with E-state index < -0.39 is 18.0 Å². The number of fused-ring (bicyclic) bond motifs is 1. The van der Waals surface area contributed by atoms with E-state index in [2.05, 4.69) is 5.32 Å². The Morgan fingerprint density at radius 2 is 2.10 bits per heavy atom. The van der Waals surface area contributed by atoms with Crippen molar-refractivity contribution in [1.29, 1.82) is 0 Å². The van der Waals surface area contributed by atoms with Crippen LogP contribution in [0.1, 0.15) is 6.92 Å². The molecule has 0 aromatic carbocycles. The predicted molar refractivity (Wildman–Crippen MR) is 70.6 cm³/mol. The predicted octanol–water partition coefficient (Wildman–Crippen LogP) is 0.458. The number of amides is 1. The monoisotopic (exact) mass is 279 g/mol. The van der Waals surface area contributed by atoms with E-state index in [0.29, 0.717) is 0 Å². The molecule has 6 nitrogen and oxygen atoms in total. The Hall–Kier alpha value is -1.76. The molecule has 1 N–H and O–H groups in total. The third-order valence-corrected chi connectivity index (χ3v) is 3.22. The van der Waals surface area contributed by atoms with E-state index in [1.165, 1.54) is 26.4 Å². The van der Waals surface area contributed by atoms with E-state index in [9.17, 15) is 9.59 Å². The van der Waals surface area contributed by atoms with Crippen molar-refractivity contribution in [2.45, 2.75) is 24.9 Å². The van der Waals surface area contributed by atoms with Crippen molar-refractivity contribution in [3.05, 3.63) is 36.1 Å². The minimum atomic E-state index is -1.25. The SMILES string of the molecule is C/C=C/C=C/C(=O)NC1=CC(=O)[C@H]2O[C@H]2C1(OC)OC. The Morgan fingerprint density at radius 1 is 1.40 bits per heavy atom. The first kappa shape index (κ1) is 14.6. The Bertz CT molecular complexity index is 502. The van der Waals surface area contributed by atoms with Crippen LogP contribution in [0.3, 0.4) is 0 Å². The number of allylic oxidation sites excluding steroid dienone is 3. The molecule has 20 heavy (non-hydrogen) atoms. The Labute approximate surface area is 117 Å². The van der Waals surface area contributed by atoms with Gasteiger partial charge in [-0.3, -0.25) is 9.59 Å². The number of methoxy groups -OCH3 is 2. The van der Waals surface area contributed by atoms with E-state index in [0.717, 1.165) is 0 Å². The highest BCUT2D eigenvalue weighted by Crippen LogP contribution is 2.43. The molecule has 0 bridgehead atoms. The minimum absolute atomic E-state index is 0.201. The van der Waals surface area contributed by atoms with Gasteiger partial charge >= 0.3 is 0 Å². The molecular weight excluding hydrogens is 262 g/mol. The molecule has 108 valence electrons. The summed E-state index contributed by atoms with van der Waals surface area (Å²) in [7, 11) is 2.88. The Balaban J connectivity index is 2.19. The van der Waals surface area contributed by atoms with Crippen LogP contribution in [0.4, 0.5) is 0 Å². The number of hydrogen-bond acceptors (Lipinski definition) is 5. The average molecular weight is 279 g/mol. The maximum Gasteiger partial charge on any atom is 0.248 e. The summed E-state index contributed by atoms with van der Waals surface area (Å²) in [6, 6.07) is 0. The third kappa shape index (κ3) is 2.45. The van der Waals surface area contributed by atoms with Gasteiger partial charge in [0.1, 0.15) is 0 Å². The number of nitrogens with one attached hydrogen (secondary N) is 1. The fourth-order valence-electron chi connectivity index (χ4n) is 2.18. The molecule has 2 atom stereocenters. The lowest BCUT2D eigenvalue weighted by Gasteiger charge is -2.33. The second-order valence-electron chi connectivity index (χ2n) is 4.39. The first-order valence-corrected chi connectivity index (χ1v) is 6.21. The van der Waals surface area contributed by atoms with E-state index in [4.69, 9.17) is 14.2 Å². The average Bonchev–Trinajstić information content (AvgIpc) is 3.22. The van der Waals surface area contributed by atoms with Crippen LogP contribution >= 0.6 is 0 Å². The molecule has 1 fully saturated rings. The summed E-state index contributed by atoms with van der Waals surface area (Å²) in [4.78, 5) is 23.5. The van der Waals surface area contributed by atoms with Crippen molar-refractivity contribution in [2.75, 3.05) is 14.2 Å². The summed E-state index contributed by atoms with van der Waals surface area (Å²) in [6.45, 7) is 1.84. The zero-order chi connectivity index (χ0) is 14.8. The van der Waals surface area contributed by atoms with Crippen LogP contribution in [0.2, 0.25) is 0 Å². The Kier molecular flexibility index (Phi) is 4.17. The van der Waals surface area contributed by atoms with Crippen LogP contribution in [-0.4, -0.2) is 43.9 Å². The lowest BCUT2D eigenvalue weighted by molar-refractivity contribution is -0.195. The topological polar surface area (TPSA) is 77.2 Å². The molecule has 0 radical (unpaired) electrons. The summed E-state index contributed by atoms with van der Waals surface area (Å²) in [6.07, 6.45) is 6.69. The van der Waals surface area contributed by atoms with Crippen molar-refractivity contribution in [3.63, 3.8) is 0 Å². The van der Waals surface area contributed by atoms with Gasteiger partial charge in [0.25, 0.3) is 0 Å². The van der Waals surface area contributed by atoms with Crippen LogP contribution in [0.25, 0.3) is 0 Å². The highest BCUT2D eigenvalue weighted by molar-refractivity contribution is 5.99. The summed E-state index contributed by atoms with van der Waals surface area (Å²) < 4.78 is 16.0. The lowest BCUT2D eigenvalue weighted by atomic mass is 9.96. The summed E-state index contributed by atoms with van der Waals surface area (Å²) >= 11 is 0.